The van der Waals surface area contributed by atoms with Crippen LogP contribution in [0.3, 0.4) is 0 Å². The first-order chi connectivity index (χ1) is 11.8. The predicted octanol–water partition coefficient (Wildman–Crippen LogP) is 0.954. The highest BCUT2D eigenvalue weighted by molar-refractivity contribution is 7.88. The maximum atomic E-state index is 12.3. The summed E-state index contributed by atoms with van der Waals surface area (Å²) in [5.41, 5.74) is 0.482. The molecule has 0 atom stereocenters. The van der Waals surface area contributed by atoms with Crippen LogP contribution in [0.2, 0.25) is 5.02 Å². The molecule has 1 aliphatic rings. The lowest BCUT2D eigenvalue weighted by Gasteiger charge is -2.21. The molecule has 1 aromatic carbocycles. The first-order valence-corrected chi connectivity index (χ1v) is 10.3. The van der Waals surface area contributed by atoms with Crippen molar-refractivity contribution in [1.29, 1.82) is 0 Å². The van der Waals surface area contributed by atoms with Gasteiger partial charge in [0.15, 0.2) is 0 Å². The van der Waals surface area contributed by atoms with Crippen molar-refractivity contribution in [1.82, 2.24) is 14.5 Å². The molecule has 0 spiro atoms. The molecule has 0 aromatic heterocycles. The van der Waals surface area contributed by atoms with Crippen molar-refractivity contribution in [2.45, 2.75) is 12.8 Å². The highest BCUT2D eigenvalue weighted by Gasteiger charge is 2.23. The molecule has 25 heavy (non-hydrogen) atoms. The molecule has 1 aliphatic heterocycles. The Balaban J connectivity index is 1.78. The quantitative estimate of drug-likeness (QED) is 0.815. The van der Waals surface area contributed by atoms with E-state index in [9.17, 15) is 18.0 Å². The van der Waals surface area contributed by atoms with Crippen molar-refractivity contribution >= 4 is 33.4 Å². The molecule has 0 unspecified atom stereocenters. The van der Waals surface area contributed by atoms with Crippen LogP contribution in [0.5, 0.6) is 0 Å². The third-order valence-electron chi connectivity index (χ3n) is 4.01. The number of sulfonamides is 1. The van der Waals surface area contributed by atoms with Crippen LogP contribution in [0, 0.1) is 0 Å². The fraction of sp³-hybridized carbons (Fsp3) is 0.500. The van der Waals surface area contributed by atoms with Gasteiger partial charge in [0.1, 0.15) is 0 Å². The Bertz CT molecular complexity index is 721. The lowest BCUT2D eigenvalue weighted by atomic mass is 10.2. The van der Waals surface area contributed by atoms with E-state index in [0.29, 0.717) is 43.2 Å². The Hall–Kier alpha value is -1.64. The van der Waals surface area contributed by atoms with Crippen LogP contribution in [0.15, 0.2) is 24.3 Å². The first kappa shape index (κ1) is 19.7. The normalized spacial score (nSPS) is 16.3. The van der Waals surface area contributed by atoms with Gasteiger partial charge in [-0.25, -0.2) is 12.7 Å². The van der Waals surface area contributed by atoms with E-state index in [1.54, 1.807) is 29.2 Å². The SMILES string of the molecule is CS(=O)(=O)N1CCCN(C(=O)CCNC(=O)c2ccc(Cl)cc2)CC1. The zero-order chi connectivity index (χ0) is 18.4. The van der Waals surface area contributed by atoms with E-state index in [-0.39, 0.29) is 24.8 Å². The fourth-order valence-electron chi connectivity index (χ4n) is 2.62. The summed E-state index contributed by atoms with van der Waals surface area (Å²) in [5, 5.41) is 3.25. The zero-order valence-electron chi connectivity index (χ0n) is 14.1. The summed E-state index contributed by atoms with van der Waals surface area (Å²) in [6.45, 7) is 1.86. The molecule has 1 N–H and O–H groups in total. The summed E-state index contributed by atoms with van der Waals surface area (Å²) in [5.74, 6) is -0.352. The molecule has 0 aliphatic carbocycles. The highest BCUT2D eigenvalue weighted by atomic mass is 35.5. The van der Waals surface area contributed by atoms with E-state index in [1.807, 2.05) is 0 Å². The van der Waals surface area contributed by atoms with E-state index in [4.69, 9.17) is 11.6 Å². The van der Waals surface area contributed by atoms with Crippen molar-refractivity contribution in [3.05, 3.63) is 34.9 Å². The molecule has 9 heteroatoms. The van der Waals surface area contributed by atoms with Gasteiger partial charge in [-0.3, -0.25) is 9.59 Å². The number of benzene rings is 1. The number of carbonyl (C=O) groups is 2. The van der Waals surface area contributed by atoms with Gasteiger partial charge < -0.3 is 10.2 Å². The predicted molar refractivity (Wildman–Crippen MR) is 96.0 cm³/mol. The van der Waals surface area contributed by atoms with Crippen LogP contribution >= 0.6 is 11.6 Å². The van der Waals surface area contributed by atoms with Crippen molar-refractivity contribution in [2.24, 2.45) is 0 Å². The summed E-state index contributed by atoms with van der Waals surface area (Å²) in [6.07, 6.45) is 1.96. The monoisotopic (exact) mass is 387 g/mol. The number of nitrogens with one attached hydrogen (secondary N) is 1. The van der Waals surface area contributed by atoms with Crippen LogP contribution in [-0.2, 0) is 14.8 Å². The topological polar surface area (TPSA) is 86.8 Å². The van der Waals surface area contributed by atoms with Gasteiger partial charge in [0, 0.05) is 49.7 Å². The van der Waals surface area contributed by atoms with Crippen LogP contribution in [0.1, 0.15) is 23.2 Å². The van der Waals surface area contributed by atoms with Crippen LogP contribution in [0.25, 0.3) is 0 Å². The standard InChI is InChI=1S/C16H22ClN3O4S/c1-25(23,24)20-10-2-9-19(11-12-20)15(21)7-8-18-16(22)13-3-5-14(17)6-4-13/h3-6H,2,7-12H2,1H3,(H,18,22). The molecule has 1 aromatic rings. The maximum absolute atomic E-state index is 12.3. The number of halogens is 1. The van der Waals surface area contributed by atoms with Crippen molar-refractivity contribution < 1.29 is 18.0 Å². The molecule has 1 heterocycles. The van der Waals surface area contributed by atoms with E-state index in [0.717, 1.165) is 0 Å². The van der Waals surface area contributed by atoms with Gasteiger partial charge in [0.2, 0.25) is 15.9 Å². The molecule has 138 valence electrons. The Morgan fingerprint density at radius 3 is 2.44 bits per heavy atom. The summed E-state index contributed by atoms with van der Waals surface area (Å²) in [4.78, 5) is 25.9. The fourth-order valence-corrected chi connectivity index (χ4v) is 3.62. The van der Waals surface area contributed by atoms with Crippen molar-refractivity contribution in [3.8, 4) is 0 Å². The highest BCUT2D eigenvalue weighted by Crippen LogP contribution is 2.10. The minimum atomic E-state index is -3.23. The van der Waals surface area contributed by atoms with Gasteiger partial charge in [0.05, 0.1) is 6.26 Å². The summed E-state index contributed by atoms with van der Waals surface area (Å²) in [7, 11) is -3.23. The first-order valence-electron chi connectivity index (χ1n) is 8.04. The molecule has 7 nitrogen and oxygen atoms in total. The second-order valence-corrected chi connectivity index (χ2v) is 8.33. The lowest BCUT2D eigenvalue weighted by Crippen LogP contribution is -2.38. The number of rotatable bonds is 5. The Morgan fingerprint density at radius 1 is 1.12 bits per heavy atom. The van der Waals surface area contributed by atoms with Crippen molar-refractivity contribution in [3.63, 3.8) is 0 Å². The number of carbonyl (C=O) groups excluding carboxylic acids is 2. The Labute approximate surface area is 153 Å². The van der Waals surface area contributed by atoms with Gasteiger partial charge in [-0.1, -0.05) is 11.6 Å². The van der Waals surface area contributed by atoms with E-state index in [2.05, 4.69) is 5.32 Å². The third kappa shape index (κ3) is 5.98. The summed E-state index contributed by atoms with van der Waals surface area (Å²) in [6, 6.07) is 6.50. The van der Waals surface area contributed by atoms with Gasteiger partial charge in [-0.05, 0) is 30.7 Å². The van der Waals surface area contributed by atoms with Gasteiger partial charge in [-0.2, -0.15) is 0 Å². The van der Waals surface area contributed by atoms with Gasteiger partial charge in [0.25, 0.3) is 5.91 Å². The van der Waals surface area contributed by atoms with Gasteiger partial charge >= 0.3 is 0 Å². The molecule has 1 saturated heterocycles. The second-order valence-electron chi connectivity index (χ2n) is 5.91. The minimum Gasteiger partial charge on any atom is -0.352 e. The van der Waals surface area contributed by atoms with Crippen molar-refractivity contribution in [2.75, 3.05) is 39.0 Å². The summed E-state index contributed by atoms with van der Waals surface area (Å²) < 4.78 is 24.6. The van der Waals surface area contributed by atoms with Crippen LogP contribution < -0.4 is 5.32 Å². The average molecular weight is 388 g/mol. The lowest BCUT2D eigenvalue weighted by molar-refractivity contribution is -0.130. The van der Waals surface area contributed by atoms with Crippen LogP contribution in [-0.4, -0.2) is 68.4 Å². The zero-order valence-corrected chi connectivity index (χ0v) is 15.6. The molecule has 1 fully saturated rings. The third-order valence-corrected chi connectivity index (χ3v) is 5.56. The maximum Gasteiger partial charge on any atom is 0.251 e. The van der Waals surface area contributed by atoms with Crippen LogP contribution in [0.4, 0.5) is 0 Å². The number of nitrogens with zero attached hydrogens (tertiary/aromatic N) is 2. The molecular weight excluding hydrogens is 366 g/mol. The molecule has 2 amide bonds. The largest absolute Gasteiger partial charge is 0.352 e. The molecule has 2 rings (SSSR count). The van der Waals surface area contributed by atoms with E-state index >= 15 is 0 Å². The number of amides is 2. The van der Waals surface area contributed by atoms with E-state index in [1.165, 1.54) is 10.6 Å². The Morgan fingerprint density at radius 2 is 1.80 bits per heavy atom. The van der Waals surface area contributed by atoms with E-state index < -0.39 is 10.0 Å². The minimum absolute atomic E-state index is 0.0910. The second kappa shape index (κ2) is 8.64. The molecule has 0 bridgehead atoms. The smallest absolute Gasteiger partial charge is 0.251 e. The molecule has 0 saturated carbocycles. The molecule has 0 radical (unpaired) electrons. The number of hydrogen-bond donors (Lipinski definition) is 1. The average Bonchev–Trinajstić information content (AvgIpc) is 2.81. The Kier molecular flexibility index (Phi) is 6.80. The number of hydrogen-bond acceptors (Lipinski definition) is 4. The van der Waals surface area contributed by atoms with Gasteiger partial charge in [-0.15, -0.1) is 0 Å². The molecular formula is C16H22ClN3O4S. The summed E-state index contributed by atoms with van der Waals surface area (Å²) >= 11 is 5.78.